The molecule has 6 fully saturated rings. The second kappa shape index (κ2) is 41.7. The van der Waals surface area contributed by atoms with E-state index in [4.69, 9.17) is 43.4 Å². The smallest absolute Gasteiger partial charge is 0.325 e. The van der Waals surface area contributed by atoms with E-state index in [1.807, 2.05) is 39.0 Å². The Kier molecular flexibility index (Phi) is 30.4. The zero-order valence-corrected chi connectivity index (χ0v) is 65.5. The lowest BCUT2D eigenvalue weighted by atomic mass is 9.90. The van der Waals surface area contributed by atoms with Crippen molar-refractivity contribution >= 4 is 35.4 Å². The Morgan fingerprint density at radius 2 is 0.805 bits per heavy atom. The lowest BCUT2D eigenvalue weighted by Crippen LogP contribution is -2.34. The van der Waals surface area contributed by atoms with E-state index in [0.29, 0.717) is 95.6 Å². The maximum Gasteiger partial charge on any atom is 0.325 e. The van der Waals surface area contributed by atoms with Gasteiger partial charge in [-0.15, -0.1) is 0 Å². The minimum atomic E-state index is -0.963. The van der Waals surface area contributed by atoms with E-state index in [-0.39, 0.29) is 36.6 Å². The van der Waals surface area contributed by atoms with E-state index < -0.39 is 41.9 Å². The number of carboxylic acids is 3. The fourth-order valence-corrected chi connectivity index (χ4v) is 17.7. The Morgan fingerprint density at radius 3 is 1.15 bits per heavy atom. The number of ether oxygens (including phenoxy) is 6. The number of pyridine rings is 3. The van der Waals surface area contributed by atoms with Crippen LogP contribution in [0.5, 0.6) is 0 Å². The van der Waals surface area contributed by atoms with Crippen molar-refractivity contribution in [2.45, 2.75) is 228 Å². The number of rotatable bonds is 30. The van der Waals surface area contributed by atoms with E-state index >= 15 is 0 Å². The third-order valence-electron chi connectivity index (χ3n) is 23.7. The van der Waals surface area contributed by atoms with E-state index in [9.17, 15) is 44.6 Å². The van der Waals surface area contributed by atoms with Gasteiger partial charge < -0.3 is 59.7 Å². The van der Waals surface area contributed by atoms with Gasteiger partial charge in [-0.3, -0.25) is 29.1 Å². The molecule has 3 aromatic heterocycles. The highest BCUT2D eigenvalue weighted by atomic mass is 19.1. The molecule has 9 aliphatic rings. The highest BCUT2D eigenvalue weighted by Crippen LogP contribution is 2.41. The molecule has 15 rings (SSSR count). The van der Waals surface area contributed by atoms with Crippen LogP contribution in [0, 0.1) is 28.5 Å². The van der Waals surface area contributed by atoms with Crippen LogP contribution in [-0.2, 0) is 81.3 Å². The summed E-state index contributed by atoms with van der Waals surface area (Å²) in [6.45, 7) is 10.6. The quantitative estimate of drug-likeness (QED) is 0.0228. The Hall–Kier alpha value is -8.53. The van der Waals surface area contributed by atoms with Crippen LogP contribution in [0.1, 0.15) is 250 Å². The summed E-state index contributed by atoms with van der Waals surface area (Å²) in [5, 5.41) is 59.7. The normalized spacial score (nSPS) is 22.5. The van der Waals surface area contributed by atoms with E-state index in [2.05, 4.69) is 64.5 Å². The molecule has 604 valence electrons. The van der Waals surface area contributed by atoms with Crippen molar-refractivity contribution in [3.05, 3.63) is 175 Å². The molecule has 0 bridgehead atoms. The number of likely N-dealkylation sites (tertiary alicyclic amines) is 3. The number of nitriles is 2. The van der Waals surface area contributed by atoms with Crippen molar-refractivity contribution in [3.63, 3.8) is 0 Å². The molecule has 2 unspecified atom stereocenters. The Balaban J connectivity index is 0.000000148. The van der Waals surface area contributed by atoms with Crippen LogP contribution in [0.25, 0.3) is 0 Å². The highest BCUT2D eigenvalue weighted by molar-refractivity contribution is 5.78. The maximum absolute atomic E-state index is 14.3. The van der Waals surface area contributed by atoms with Gasteiger partial charge in [-0.25, -0.2) is 19.3 Å². The van der Waals surface area contributed by atoms with Crippen molar-refractivity contribution < 1.29 is 62.5 Å². The second-order valence-corrected chi connectivity index (χ2v) is 31.7. The predicted octanol–water partition coefficient (Wildman–Crippen LogP) is 14.6. The van der Waals surface area contributed by atoms with Gasteiger partial charge in [0.1, 0.15) is 41.4 Å². The molecule has 0 saturated carbocycles. The Bertz CT molecular complexity index is 4050. The highest BCUT2D eigenvalue weighted by Gasteiger charge is 2.41. The summed E-state index contributed by atoms with van der Waals surface area (Å²) >= 11 is 0. The SMILES string of the molecule is N#Cc1ccc([C@@H](C(=O)O)N2CC[C@@H](OCCCCc3ccc4c(n3)NCCC4)C2)c(C2CCCCO2)c1.N#Cc1ccc([C@H](C(=O)O)N2CC[C@@H](OCCCCc3ccc4c(n3)NCCC4)C2)c(C2CCCCO2)c1.O=C(O)[C@@H](c1cc(F)ccc1[C@@H]1CCCCO1)N1CC[C@@H](OCCCCc2ccc3c(n2)NCCC3)C1. The third kappa shape index (κ3) is 22.5. The van der Waals surface area contributed by atoms with Gasteiger partial charge >= 0.3 is 17.9 Å². The average Bonchev–Trinajstić information content (AvgIpc) is 1.79. The van der Waals surface area contributed by atoms with Gasteiger partial charge in [-0.1, -0.05) is 36.4 Å². The number of carboxylic acid groups (broad SMARTS) is 3. The number of aliphatic carboxylic acids is 3. The molecule has 6 aromatic rings. The van der Waals surface area contributed by atoms with Crippen LogP contribution in [0.3, 0.4) is 0 Å². The molecule has 0 aliphatic carbocycles. The van der Waals surface area contributed by atoms with Gasteiger partial charge in [0.25, 0.3) is 0 Å². The fraction of sp³-hybridized carbons (Fsp3) is 0.573. The average molecular weight is 1550 g/mol. The molecule has 0 amide bonds. The first-order chi connectivity index (χ1) is 55.3. The summed E-state index contributed by atoms with van der Waals surface area (Å²) in [5.41, 5.74) is 12.8. The van der Waals surface area contributed by atoms with Gasteiger partial charge in [0, 0.05) is 116 Å². The van der Waals surface area contributed by atoms with Gasteiger partial charge in [0.05, 0.1) is 59.9 Å². The van der Waals surface area contributed by atoms with Crippen molar-refractivity contribution in [2.75, 3.05) is 114 Å². The first kappa shape index (κ1) is 82.5. The molecule has 3 aromatic carbocycles. The standard InChI is InChI=1S/2C30H38N4O4.C29H38FN3O4/c2*31-19-21-9-12-25(26(18-21)27-8-2-4-17-38-27)28(30(35)36)34-15-13-24(20-34)37-16-3-1-7-23-11-10-22-6-5-14-32-29(22)33-23;30-21-10-12-24(26-8-2-4-17-37-26)25(18-21)27(29(34)35)33-15-13-23(19-33)36-16-3-1-7-22-11-9-20-6-5-14-31-28(20)32-22/h2*9-12,18,24,27-28H,1-8,13-17,20H2,(H,32,33)(H,35,36);9-12,18,23,26-27H,1-8,13-17,19H2,(H,31,32)(H,34,35)/t24-,27?,28+;24-,27?,28-;23-,26+,27-/m111/s1. The number of benzene rings is 3. The predicted molar refractivity (Wildman–Crippen MR) is 427 cm³/mol. The lowest BCUT2D eigenvalue weighted by Gasteiger charge is -2.30. The molecule has 6 saturated heterocycles. The van der Waals surface area contributed by atoms with Crippen LogP contribution in [-0.4, -0.2) is 180 Å². The molecule has 0 spiro atoms. The fourth-order valence-electron chi connectivity index (χ4n) is 17.7. The van der Waals surface area contributed by atoms with Crippen LogP contribution >= 0.6 is 0 Å². The molecule has 113 heavy (non-hydrogen) atoms. The zero-order valence-electron chi connectivity index (χ0n) is 65.5. The summed E-state index contributed by atoms with van der Waals surface area (Å²) < 4.78 is 50.7. The summed E-state index contributed by atoms with van der Waals surface area (Å²) in [4.78, 5) is 57.7. The third-order valence-corrected chi connectivity index (χ3v) is 23.7. The largest absolute Gasteiger partial charge is 0.480 e. The summed E-state index contributed by atoms with van der Waals surface area (Å²) in [6.07, 6.45) is 26.0. The van der Waals surface area contributed by atoms with Crippen molar-refractivity contribution in [3.8, 4) is 12.1 Å². The number of aryl methyl sites for hydroxylation is 6. The number of hydrogen-bond donors (Lipinski definition) is 6. The number of carbonyl (C=O) groups is 3. The van der Waals surface area contributed by atoms with E-state index in [1.54, 1.807) is 18.2 Å². The number of fused-ring (bicyclic) bond motifs is 3. The molecule has 12 heterocycles. The second-order valence-electron chi connectivity index (χ2n) is 31.7. The first-order valence-electron chi connectivity index (χ1n) is 42.0. The van der Waals surface area contributed by atoms with Crippen LogP contribution < -0.4 is 16.0 Å². The van der Waals surface area contributed by atoms with E-state index in [0.717, 1.165) is 243 Å². The summed E-state index contributed by atoms with van der Waals surface area (Å²) in [7, 11) is 0. The van der Waals surface area contributed by atoms with Crippen LogP contribution in [0.15, 0.2) is 91.0 Å². The minimum absolute atomic E-state index is 0.0177. The van der Waals surface area contributed by atoms with Gasteiger partial charge in [0.2, 0.25) is 0 Å². The number of nitrogens with zero attached hydrogens (tertiary/aromatic N) is 8. The lowest BCUT2D eigenvalue weighted by molar-refractivity contribution is -0.144. The van der Waals surface area contributed by atoms with E-state index in [1.165, 1.54) is 41.7 Å². The maximum atomic E-state index is 14.3. The molecule has 9 aliphatic heterocycles. The summed E-state index contributed by atoms with van der Waals surface area (Å²) in [5.74, 6) is -0.00388. The van der Waals surface area contributed by atoms with Crippen molar-refractivity contribution in [1.29, 1.82) is 10.5 Å². The zero-order chi connectivity index (χ0) is 78.3. The number of halogens is 1. The topological polar surface area (TPSA) is 299 Å². The number of unbranched alkanes of at least 4 members (excludes halogenated alkanes) is 3. The van der Waals surface area contributed by atoms with Gasteiger partial charge in [0.15, 0.2) is 0 Å². The van der Waals surface area contributed by atoms with Crippen molar-refractivity contribution in [2.24, 2.45) is 0 Å². The molecule has 0 radical (unpaired) electrons. The summed E-state index contributed by atoms with van der Waals surface area (Å²) in [6, 6.07) is 30.1. The molecular weight excluding hydrogens is 1430 g/mol. The Morgan fingerprint density at radius 1 is 0.442 bits per heavy atom. The molecule has 24 heteroatoms. The first-order valence-corrected chi connectivity index (χ1v) is 42.0. The minimum Gasteiger partial charge on any atom is -0.480 e. The number of hydrogen-bond acceptors (Lipinski definition) is 20. The molecule has 9 atom stereocenters. The van der Waals surface area contributed by atoms with Crippen LogP contribution in [0.4, 0.5) is 21.8 Å². The van der Waals surface area contributed by atoms with Gasteiger partial charge in [-0.05, 0) is 278 Å². The monoisotopic (exact) mass is 1550 g/mol. The van der Waals surface area contributed by atoms with Gasteiger partial charge in [-0.2, -0.15) is 10.5 Å². The Labute approximate surface area is 664 Å². The molecule has 23 nitrogen and oxygen atoms in total. The van der Waals surface area contributed by atoms with Crippen molar-refractivity contribution in [1.82, 2.24) is 29.7 Å². The van der Waals surface area contributed by atoms with Crippen LogP contribution in [0.2, 0.25) is 0 Å². The molecule has 6 N–H and O–H groups in total. The number of aromatic nitrogens is 3. The number of anilines is 3. The number of nitrogens with one attached hydrogen (secondary N) is 3. The molecular formula is C89H114FN11O12.